The van der Waals surface area contributed by atoms with E-state index in [0.29, 0.717) is 32.2 Å². The largest absolute Gasteiger partial charge is 0.480 e. The second kappa shape index (κ2) is 6.39. The summed E-state index contributed by atoms with van der Waals surface area (Å²) in [4.78, 5) is 11.0. The van der Waals surface area contributed by atoms with E-state index in [0.717, 1.165) is 0 Å². The summed E-state index contributed by atoms with van der Waals surface area (Å²) < 4.78 is 0. The molecular weight excluding hydrogens is 180 g/mol. The zero-order valence-corrected chi connectivity index (χ0v) is 8.84. The summed E-state index contributed by atoms with van der Waals surface area (Å²) in [7, 11) is 0. The smallest absolute Gasteiger partial charge is 0.323 e. The highest BCUT2D eigenvalue weighted by Gasteiger charge is 2.33. The van der Waals surface area contributed by atoms with E-state index >= 15 is 0 Å². The molecule has 80 valence electrons. The zero-order chi connectivity index (χ0) is 11.0. The van der Waals surface area contributed by atoms with Crippen LogP contribution in [-0.2, 0) is 4.79 Å². The van der Waals surface area contributed by atoms with Crippen LogP contribution >= 0.6 is 0 Å². The molecule has 0 aromatic carbocycles. The van der Waals surface area contributed by atoms with Crippen molar-refractivity contribution >= 4 is 5.97 Å². The third-order valence-electron chi connectivity index (χ3n) is 2.55. The summed E-state index contributed by atoms with van der Waals surface area (Å²) in [6.45, 7) is 4.30. The van der Waals surface area contributed by atoms with Crippen LogP contribution in [0.4, 0.5) is 0 Å². The summed E-state index contributed by atoms with van der Waals surface area (Å²) in [5.74, 6) is -0.806. The van der Waals surface area contributed by atoms with Crippen LogP contribution in [0.2, 0.25) is 0 Å². The fraction of sp³-hybridized carbons (Fsp3) is 0.800. The van der Waals surface area contributed by atoms with Crippen LogP contribution in [0.1, 0.15) is 39.5 Å². The Morgan fingerprint density at radius 3 is 2.43 bits per heavy atom. The molecule has 0 heterocycles. The van der Waals surface area contributed by atoms with Gasteiger partial charge in [0.1, 0.15) is 5.54 Å². The molecule has 4 nitrogen and oxygen atoms in total. The number of nitriles is 1. The summed E-state index contributed by atoms with van der Waals surface area (Å²) >= 11 is 0. The lowest BCUT2D eigenvalue weighted by Gasteiger charge is -2.28. The molecule has 0 saturated heterocycles. The van der Waals surface area contributed by atoms with Gasteiger partial charge in [-0.25, -0.2) is 0 Å². The minimum Gasteiger partial charge on any atom is -0.480 e. The molecule has 0 rings (SSSR count). The van der Waals surface area contributed by atoms with Crippen LogP contribution in [0.25, 0.3) is 0 Å². The number of nitrogens with zero attached hydrogens (tertiary/aromatic N) is 1. The molecule has 2 N–H and O–H groups in total. The van der Waals surface area contributed by atoms with Gasteiger partial charge in [-0.15, -0.1) is 0 Å². The van der Waals surface area contributed by atoms with E-state index in [1.165, 1.54) is 0 Å². The second-order valence-electron chi connectivity index (χ2n) is 3.28. The van der Waals surface area contributed by atoms with Gasteiger partial charge in [0, 0.05) is 6.42 Å². The van der Waals surface area contributed by atoms with Gasteiger partial charge in [0.2, 0.25) is 0 Å². The van der Waals surface area contributed by atoms with E-state index in [4.69, 9.17) is 10.4 Å². The molecule has 0 aromatic rings. The van der Waals surface area contributed by atoms with E-state index in [2.05, 4.69) is 5.32 Å². The van der Waals surface area contributed by atoms with Crippen molar-refractivity contribution in [3.8, 4) is 6.07 Å². The topological polar surface area (TPSA) is 73.1 Å². The van der Waals surface area contributed by atoms with Crippen LogP contribution in [0.15, 0.2) is 0 Å². The average molecular weight is 198 g/mol. The van der Waals surface area contributed by atoms with Gasteiger partial charge in [-0.3, -0.25) is 4.79 Å². The molecule has 0 unspecified atom stereocenters. The van der Waals surface area contributed by atoms with Gasteiger partial charge in [0.15, 0.2) is 0 Å². The first-order valence-electron chi connectivity index (χ1n) is 4.98. The second-order valence-corrected chi connectivity index (χ2v) is 3.28. The van der Waals surface area contributed by atoms with Crippen molar-refractivity contribution in [1.29, 1.82) is 5.26 Å². The number of hydrogen-bond donors (Lipinski definition) is 2. The molecule has 0 aromatic heterocycles. The number of carboxylic acids is 1. The standard InChI is InChI=1S/C10H18N2O2/c1-3-10(4-2,9(13)14)12-8-6-5-7-11/h12H,3-6,8H2,1-2H3,(H,13,14). The Morgan fingerprint density at radius 1 is 1.50 bits per heavy atom. The van der Waals surface area contributed by atoms with E-state index in [1.54, 1.807) is 0 Å². The van der Waals surface area contributed by atoms with Crippen LogP contribution in [0, 0.1) is 11.3 Å². The van der Waals surface area contributed by atoms with Gasteiger partial charge in [0.05, 0.1) is 6.07 Å². The Balaban J connectivity index is 4.10. The van der Waals surface area contributed by atoms with Crippen molar-refractivity contribution in [3.05, 3.63) is 0 Å². The van der Waals surface area contributed by atoms with Gasteiger partial charge in [-0.2, -0.15) is 5.26 Å². The molecule has 0 atom stereocenters. The molecular formula is C10H18N2O2. The molecule has 0 aliphatic heterocycles. The maximum Gasteiger partial charge on any atom is 0.323 e. The molecule has 0 aliphatic rings. The normalized spacial score (nSPS) is 10.9. The Hall–Kier alpha value is -1.08. The van der Waals surface area contributed by atoms with Gasteiger partial charge >= 0.3 is 5.97 Å². The molecule has 0 saturated carbocycles. The van der Waals surface area contributed by atoms with Crippen molar-refractivity contribution in [1.82, 2.24) is 5.32 Å². The van der Waals surface area contributed by atoms with Gasteiger partial charge in [-0.05, 0) is 25.8 Å². The van der Waals surface area contributed by atoms with Crippen LogP contribution in [0.3, 0.4) is 0 Å². The van der Waals surface area contributed by atoms with Crippen molar-refractivity contribution in [2.45, 2.75) is 45.1 Å². The highest BCUT2D eigenvalue weighted by molar-refractivity contribution is 5.78. The van der Waals surface area contributed by atoms with Gasteiger partial charge < -0.3 is 10.4 Å². The number of carboxylic acid groups (broad SMARTS) is 1. The molecule has 0 fully saturated rings. The van der Waals surface area contributed by atoms with Crippen molar-refractivity contribution in [2.24, 2.45) is 0 Å². The molecule has 0 bridgehead atoms. The van der Waals surface area contributed by atoms with E-state index in [-0.39, 0.29) is 0 Å². The molecule has 0 amide bonds. The number of unbranched alkanes of at least 4 members (excludes halogenated alkanes) is 1. The van der Waals surface area contributed by atoms with Crippen molar-refractivity contribution < 1.29 is 9.90 Å². The Bertz CT molecular complexity index is 217. The first-order chi connectivity index (χ1) is 6.63. The van der Waals surface area contributed by atoms with E-state index in [9.17, 15) is 4.79 Å². The van der Waals surface area contributed by atoms with Gasteiger partial charge in [0.25, 0.3) is 0 Å². The SMILES string of the molecule is CCC(CC)(NCCCC#N)C(=O)O. The van der Waals surface area contributed by atoms with Crippen LogP contribution in [0.5, 0.6) is 0 Å². The number of hydrogen-bond acceptors (Lipinski definition) is 3. The van der Waals surface area contributed by atoms with E-state index in [1.807, 2.05) is 19.9 Å². The lowest BCUT2D eigenvalue weighted by molar-refractivity contribution is -0.145. The molecule has 0 radical (unpaired) electrons. The third kappa shape index (κ3) is 3.35. The molecule has 4 heteroatoms. The van der Waals surface area contributed by atoms with E-state index < -0.39 is 11.5 Å². The van der Waals surface area contributed by atoms with Crippen molar-refractivity contribution in [2.75, 3.05) is 6.54 Å². The van der Waals surface area contributed by atoms with Crippen molar-refractivity contribution in [3.63, 3.8) is 0 Å². The maximum atomic E-state index is 11.0. The monoisotopic (exact) mass is 198 g/mol. The summed E-state index contributed by atoms with van der Waals surface area (Å²) in [6, 6.07) is 2.03. The summed E-state index contributed by atoms with van der Waals surface area (Å²) in [5, 5.41) is 20.4. The summed E-state index contributed by atoms with van der Waals surface area (Å²) in [6.07, 6.45) is 2.29. The zero-order valence-electron chi connectivity index (χ0n) is 8.84. The Labute approximate surface area is 84.9 Å². The minimum absolute atomic E-state index is 0.468. The highest BCUT2D eigenvalue weighted by Crippen LogP contribution is 2.15. The van der Waals surface area contributed by atoms with Gasteiger partial charge in [-0.1, -0.05) is 13.8 Å². The van der Waals surface area contributed by atoms with Crippen LogP contribution < -0.4 is 5.32 Å². The predicted octanol–water partition coefficient (Wildman–Crippen LogP) is 1.52. The number of aliphatic carboxylic acids is 1. The predicted molar refractivity (Wildman–Crippen MR) is 53.8 cm³/mol. The Morgan fingerprint density at radius 2 is 2.07 bits per heavy atom. The third-order valence-corrected chi connectivity index (χ3v) is 2.55. The van der Waals surface area contributed by atoms with Crippen LogP contribution in [-0.4, -0.2) is 23.2 Å². The minimum atomic E-state index is -0.810. The molecule has 0 spiro atoms. The number of carbonyl (C=O) groups is 1. The average Bonchev–Trinajstić information content (AvgIpc) is 2.18. The molecule has 14 heavy (non-hydrogen) atoms. The lowest BCUT2D eigenvalue weighted by atomic mass is 9.93. The quantitative estimate of drug-likeness (QED) is 0.608. The number of rotatable bonds is 7. The lowest BCUT2D eigenvalue weighted by Crippen LogP contribution is -2.51. The summed E-state index contributed by atoms with van der Waals surface area (Å²) in [5.41, 5.74) is -0.810. The first kappa shape index (κ1) is 12.9. The first-order valence-corrected chi connectivity index (χ1v) is 4.98. The maximum absolute atomic E-state index is 11.0. The fourth-order valence-corrected chi connectivity index (χ4v) is 1.37. The highest BCUT2D eigenvalue weighted by atomic mass is 16.4. The Kier molecular flexibility index (Phi) is 5.89. The fourth-order valence-electron chi connectivity index (χ4n) is 1.37. The molecule has 0 aliphatic carbocycles. The number of nitrogens with one attached hydrogen (secondary N) is 1.